The van der Waals surface area contributed by atoms with Gasteiger partial charge in [0, 0.05) is 13.5 Å². The lowest BCUT2D eigenvalue weighted by molar-refractivity contribution is -0.118. The smallest absolute Gasteiger partial charge is 0.216 e. The van der Waals surface area contributed by atoms with Crippen molar-refractivity contribution in [3.8, 4) is 17.1 Å². The summed E-state index contributed by atoms with van der Waals surface area (Å²) in [6.07, 6.45) is 3.04. The molecule has 1 N–H and O–H groups in total. The van der Waals surface area contributed by atoms with Crippen LogP contribution in [0.5, 0.6) is 0 Å². The van der Waals surface area contributed by atoms with Gasteiger partial charge in [0.1, 0.15) is 23.7 Å². The van der Waals surface area contributed by atoms with E-state index < -0.39 is 26.9 Å². The van der Waals surface area contributed by atoms with Crippen LogP contribution in [0.15, 0.2) is 48.8 Å². The van der Waals surface area contributed by atoms with Gasteiger partial charge >= 0.3 is 0 Å². The molecule has 0 unspecified atom stereocenters. The highest BCUT2D eigenvalue weighted by atomic mass is 32.2. The molecule has 0 aliphatic heterocycles. The summed E-state index contributed by atoms with van der Waals surface area (Å²) in [5.41, 5.74) is 1.46. The summed E-state index contributed by atoms with van der Waals surface area (Å²) in [6, 6.07) is 11.0. The van der Waals surface area contributed by atoms with Crippen molar-refractivity contribution in [2.75, 3.05) is 12.3 Å². The van der Waals surface area contributed by atoms with Gasteiger partial charge in [-0.2, -0.15) is 5.10 Å². The number of hydrogen-bond acceptors (Lipinski definition) is 8. The van der Waals surface area contributed by atoms with Crippen molar-refractivity contribution >= 4 is 15.7 Å². The SMILES string of the molecule is CC(=O)NCCS(=O)(=O)Cc1ncn(-c2cccc([C@@]34CC[C@@H](c5cc(-c6c(F)cccc6F)nnc53)C4(C)C)n2)n1. The van der Waals surface area contributed by atoms with Crippen molar-refractivity contribution < 1.29 is 22.0 Å². The number of nitrogens with zero attached hydrogens (tertiary/aromatic N) is 6. The van der Waals surface area contributed by atoms with Gasteiger partial charge in [0.05, 0.1) is 33.8 Å². The Labute approximate surface area is 241 Å². The van der Waals surface area contributed by atoms with E-state index in [1.807, 2.05) is 12.1 Å². The highest BCUT2D eigenvalue weighted by molar-refractivity contribution is 7.90. The van der Waals surface area contributed by atoms with Crippen LogP contribution in [0.2, 0.25) is 0 Å². The lowest BCUT2D eigenvalue weighted by Crippen LogP contribution is -2.38. The number of amides is 1. The Kier molecular flexibility index (Phi) is 6.67. The Morgan fingerprint density at radius 3 is 2.60 bits per heavy atom. The Balaban J connectivity index is 1.33. The number of fused-ring (bicyclic) bond motifs is 5. The molecule has 10 nitrogen and oxygen atoms in total. The molecule has 1 aromatic carbocycles. The number of rotatable bonds is 8. The van der Waals surface area contributed by atoms with Gasteiger partial charge in [0.2, 0.25) is 5.91 Å². The Morgan fingerprint density at radius 1 is 1.12 bits per heavy atom. The zero-order valence-electron chi connectivity index (χ0n) is 23.3. The zero-order chi connectivity index (χ0) is 29.9. The van der Waals surface area contributed by atoms with Crippen LogP contribution in [0.25, 0.3) is 17.1 Å². The van der Waals surface area contributed by atoms with Crippen molar-refractivity contribution in [1.82, 2.24) is 35.3 Å². The fourth-order valence-electron chi connectivity index (χ4n) is 6.67. The number of hydrogen-bond donors (Lipinski definition) is 1. The molecule has 218 valence electrons. The second-order valence-corrected chi connectivity index (χ2v) is 13.6. The summed E-state index contributed by atoms with van der Waals surface area (Å²) >= 11 is 0. The van der Waals surface area contributed by atoms with E-state index in [1.165, 1.54) is 36.1 Å². The minimum atomic E-state index is -3.54. The maximum absolute atomic E-state index is 14.6. The number of sulfone groups is 1. The van der Waals surface area contributed by atoms with Gasteiger partial charge in [-0.25, -0.2) is 31.8 Å². The third-order valence-corrected chi connectivity index (χ3v) is 10.2. The lowest BCUT2D eigenvalue weighted by atomic mass is 9.66. The van der Waals surface area contributed by atoms with Crippen molar-refractivity contribution in [3.05, 3.63) is 83.2 Å². The van der Waals surface area contributed by atoms with Gasteiger partial charge in [0.15, 0.2) is 21.5 Å². The minimum absolute atomic E-state index is 0.0158. The molecule has 2 bridgehead atoms. The first-order chi connectivity index (χ1) is 19.9. The van der Waals surface area contributed by atoms with E-state index in [9.17, 15) is 22.0 Å². The van der Waals surface area contributed by atoms with Crippen LogP contribution in [0.1, 0.15) is 62.3 Å². The molecule has 2 atom stereocenters. The van der Waals surface area contributed by atoms with E-state index in [1.54, 1.807) is 12.1 Å². The Bertz CT molecular complexity index is 1810. The van der Waals surface area contributed by atoms with E-state index in [4.69, 9.17) is 4.98 Å². The molecule has 2 aliphatic rings. The molecule has 3 aromatic heterocycles. The molecule has 1 amide bonds. The van der Waals surface area contributed by atoms with Crippen molar-refractivity contribution in [2.24, 2.45) is 5.41 Å². The van der Waals surface area contributed by atoms with Crippen LogP contribution in [-0.4, -0.2) is 56.6 Å². The third kappa shape index (κ3) is 4.46. The topological polar surface area (TPSA) is 133 Å². The molecule has 0 spiro atoms. The molecule has 0 saturated heterocycles. The normalized spacial score (nSPS) is 20.5. The quantitative estimate of drug-likeness (QED) is 0.328. The van der Waals surface area contributed by atoms with E-state index in [2.05, 4.69) is 39.4 Å². The molecular formula is C29H29F2N7O3S. The summed E-state index contributed by atoms with van der Waals surface area (Å²) in [5, 5.41) is 15.7. The Morgan fingerprint density at radius 2 is 1.86 bits per heavy atom. The first-order valence-corrected chi connectivity index (χ1v) is 15.4. The predicted molar refractivity (Wildman–Crippen MR) is 149 cm³/mol. The number of pyridine rings is 1. The van der Waals surface area contributed by atoms with E-state index in [0.29, 0.717) is 5.82 Å². The number of aromatic nitrogens is 6. The van der Waals surface area contributed by atoms with Gasteiger partial charge in [-0.3, -0.25) is 4.79 Å². The summed E-state index contributed by atoms with van der Waals surface area (Å²) in [7, 11) is -3.54. The average molecular weight is 594 g/mol. The predicted octanol–water partition coefficient (Wildman–Crippen LogP) is 3.65. The summed E-state index contributed by atoms with van der Waals surface area (Å²) in [5.74, 6) is -1.61. The van der Waals surface area contributed by atoms with Crippen LogP contribution in [0.3, 0.4) is 0 Å². The summed E-state index contributed by atoms with van der Waals surface area (Å²) < 4.78 is 55.5. The van der Waals surface area contributed by atoms with Crippen molar-refractivity contribution in [3.63, 3.8) is 0 Å². The Hall–Kier alpha value is -4.13. The number of carbonyl (C=O) groups excluding carboxylic acids is 1. The molecule has 3 heterocycles. The number of halogens is 2. The standard InChI is InChI=1S/C29H29F2N7O3S/c1-17(39)32-12-13-42(40,41)15-24-33-16-38(37-24)25-9-5-8-23(34-25)29-11-10-19(28(29,2)3)18-14-22(35-36-27(18)29)26-20(30)6-4-7-21(26)31/h4-9,14,16,19H,10-13,15H2,1-3H3,(H,32,39)/t19-,29-/m0/s1. The lowest BCUT2D eigenvalue weighted by Gasteiger charge is -2.37. The van der Waals surface area contributed by atoms with E-state index in [-0.39, 0.29) is 52.4 Å². The van der Waals surface area contributed by atoms with Gasteiger partial charge < -0.3 is 5.32 Å². The molecule has 0 radical (unpaired) electrons. The molecule has 42 heavy (non-hydrogen) atoms. The molecule has 2 aliphatic carbocycles. The molecule has 4 aromatic rings. The maximum Gasteiger partial charge on any atom is 0.216 e. The summed E-state index contributed by atoms with van der Waals surface area (Å²) in [4.78, 5) is 20.2. The maximum atomic E-state index is 14.6. The first-order valence-electron chi connectivity index (χ1n) is 13.6. The van der Waals surface area contributed by atoms with Gasteiger partial charge in [-0.1, -0.05) is 26.0 Å². The third-order valence-electron chi connectivity index (χ3n) is 8.68. The second kappa shape index (κ2) is 10.0. The monoisotopic (exact) mass is 593 g/mol. The second-order valence-electron chi connectivity index (χ2n) is 11.4. The van der Waals surface area contributed by atoms with Crippen LogP contribution >= 0.6 is 0 Å². The first kappa shape index (κ1) is 28.0. The fourth-order valence-corrected chi connectivity index (χ4v) is 7.75. The van der Waals surface area contributed by atoms with Crippen LogP contribution < -0.4 is 5.32 Å². The fraction of sp³-hybridized carbons (Fsp3) is 0.379. The van der Waals surface area contributed by atoms with Gasteiger partial charge in [-0.05, 0) is 60.1 Å². The van der Waals surface area contributed by atoms with Crippen LogP contribution in [0, 0.1) is 17.0 Å². The van der Waals surface area contributed by atoms with Gasteiger partial charge in [0.25, 0.3) is 0 Å². The number of carbonyl (C=O) groups is 1. The van der Waals surface area contributed by atoms with Crippen LogP contribution in [0.4, 0.5) is 8.78 Å². The van der Waals surface area contributed by atoms with Gasteiger partial charge in [-0.15, -0.1) is 10.2 Å². The van der Waals surface area contributed by atoms with E-state index >= 15 is 0 Å². The van der Waals surface area contributed by atoms with E-state index in [0.717, 1.165) is 29.8 Å². The molecule has 1 saturated carbocycles. The largest absolute Gasteiger partial charge is 0.355 e. The number of benzene rings is 1. The van der Waals surface area contributed by atoms with Crippen LogP contribution in [-0.2, 0) is 25.8 Å². The van der Waals surface area contributed by atoms with Crippen molar-refractivity contribution in [2.45, 2.75) is 50.7 Å². The molecule has 1 fully saturated rings. The molecule has 6 rings (SSSR count). The highest BCUT2D eigenvalue weighted by Crippen LogP contribution is 2.69. The zero-order valence-corrected chi connectivity index (χ0v) is 24.1. The molecule has 13 heteroatoms. The average Bonchev–Trinajstić information content (AvgIpc) is 3.55. The summed E-state index contributed by atoms with van der Waals surface area (Å²) in [6.45, 7) is 5.65. The minimum Gasteiger partial charge on any atom is -0.355 e. The molecular weight excluding hydrogens is 564 g/mol. The van der Waals surface area contributed by atoms with Crippen molar-refractivity contribution in [1.29, 1.82) is 0 Å². The number of nitrogens with one attached hydrogen (secondary N) is 1. The highest BCUT2D eigenvalue weighted by Gasteiger charge is 2.65.